The van der Waals surface area contributed by atoms with Crippen LogP contribution >= 0.6 is 11.3 Å². The average molecular weight is 351 g/mol. The molecule has 0 bridgehead atoms. The van der Waals surface area contributed by atoms with E-state index in [1.54, 1.807) is 12.1 Å². The Morgan fingerprint density at radius 1 is 1.28 bits per heavy atom. The van der Waals surface area contributed by atoms with Crippen LogP contribution in [0, 0.1) is 6.92 Å². The number of phenolic OH excluding ortho intramolecular Hbond substituents is 1. The summed E-state index contributed by atoms with van der Waals surface area (Å²) in [5, 5.41) is 19.0. The first-order valence-corrected chi connectivity index (χ1v) is 9.02. The van der Waals surface area contributed by atoms with E-state index < -0.39 is 0 Å². The molecule has 25 heavy (non-hydrogen) atoms. The van der Waals surface area contributed by atoms with Crippen LogP contribution in [0.5, 0.6) is 5.75 Å². The summed E-state index contributed by atoms with van der Waals surface area (Å²) in [6, 6.07) is 9.21. The zero-order chi connectivity index (χ0) is 18.0. The summed E-state index contributed by atoms with van der Waals surface area (Å²) in [7, 11) is 0. The van der Waals surface area contributed by atoms with Crippen LogP contribution in [0.2, 0.25) is 0 Å². The van der Waals surface area contributed by atoms with Crippen molar-refractivity contribution in [3.63, 3.8) is 0 Å². The number of hydrogen-bond donors (Lipinski definition) is 1. The molecule has 0 saturated heterocycles. The molecular weight excluding hydrogens is 330 g/mol. The van der Waals surface area contributed by atoms with Gasteiger partial charge in [0.05, 0.1) is 21.6 Å². The van der Waals surface area contributed by atoms with Crippen LogP contribution in [-0.2, 0) is 5.41 Å². The molecule has 3 rings (SSSR count). The summed E-state index contributed by atoms with van der Waals surface area (Å²) in [6.07, 6.45) is 5.03. The predicted molar refractivity (Wildman–Crippen MR) is 104 cm³/mol. The average Bonchev–Trinajstić information content (AvgIpc) is 3.03. The van der Waals surface area contributed by atoms with Crippen molar-refractivity contribution in [1.82, 2.24) is 15.2 Å². The van der Waals surface area contributed by atoms with Crippen molar-refractivity contribution in [2.24, 2.45) is 0 Å². The smallest absolute Gasteiger partial charge is 0.123 e. The second kappa shape index (κ2) is 6.76. The van der Waals surface area contributed by atoms with E-state index in [1.165, 1.54) is 11.3 Å². The molecule has 1 N–H and O–H groups in total. The molecule has 2 aromatic heterocycles. The van der Waals surface area contributed by atoms with E-state index in [0.29, 0.717) is 0 Å². The van der Waals surface area contributed by atoms with Crippen molar-refractivity contribution in [2.75, 3.05) is 0 Å². The van der Waals surface area contributed by atoms with Gasteiger partial charge in [-0.25, -0.2) is 4.98 Å². The van der Waals surface area contributed by atoms with E-state index in [-0.39, 0.29) is 11.2 Å². The molecule has 0 aliphatic heterocycles. The van der Waals surface area contributed by atoms with Crippen LogP contribution in [0.3, 0.4) is 0 Å². The first kappa shape index (κ1) is 17.3. The van der Waals surface area contributed by atoms with Gasteiger partial charge in [-0.05, 0) is 43.7 Å². The maximum absolute atomic E-state index is 9.60. The lowest BCUT2D eigenvalue weighted by atomic mass is 9.83. The molecule has 0 spiro atoms. The Balaban J connectivity index is 1.87. The van der Waals surface area contributed by atoms with Gasteiger partial charge in [-0.2, -0.15) is 10.2 Å². The fourth-order valence-electron chi connectivity index (χ4n) is 2.49. The molecule has 0 amide bonds. The molecule has 4 nitrogen and oxygen atoms in total. The van der Waals surface area contributed by atoms with E-state index in [4.69, 9.17) is 0 Å². The number of benzene rings is 1. The summed E-state index contributed by atoms with van der Waals surface area (Å²) in [5.74, 6) is 0.250. The molecule has 1 aromatic carbocycles. The van der Waals surface area contributed by atoms with Crippen LogP contribution in [0.15, 0.2) is 49.1 Å². The summed E-state index contributed by atoms with van der Waals surface area (Å²) >= 11 is 1.53. The molecule has 1 unspecified atom stereocenters. The van der Waals surface area contributed by atoms with E-state index in [1.807, 2.05) is 31.2 Å². The van der Waals surface area contributed by atoms with Gasteiger partial charge < -0.3 is 5.11 Å². The monoisotopic (exact) mass is 351 g/mol. The second-order valence-corrected chi connectivity index (χ2v) is 7.39. The van der Waals surface area contributed by atoms with Gasteiger partial charge in [0, 0.05) is 11.0 Å². The van der Waals surface area contributed by atoms with Gasteiger partial charge in [0.25, 0.3) is 0 Å². The lowest BCUT2D eigenvalue weighted by molar-refractivity contribution is 0.476. The molecule has 1 atom stereocenters. The summed E-state index contributed by atoms with van der Waals surface area (Å²) in [5.41, 5.74) is 3.36. The minimum atomic E-state index is -0.210. The Kier molecular flexibility index (Phi) is 4.68. The molecule has 0 radical (unpaired) electrons. The molecule has 0 aliphatic rings. The molecule has 2 heterocycles. The SMILES string of the molecule is C=C(C=CC(C)(CC)c1ccc(C)nn1)c1nc2ccc(O)cc2s1. The number of rotatable bonds is 5. The molecule has 0 saturated carbocycles. The largest absolute Gasteiger partial charge is 0.508 e. The third kappa shape index (κ3) is 3.61. The molecule has 0 fully saturated rings. The highest BCUT2D eigenvalue weighted by Gasteiger charge is 2.23. The fourth-order valence-corrected chi connectivity index (χ4v) is 3.44. The summed E-state index contributed by atoms with van der Waals surface area (Å²) < 4.78 is 0.951. The molecular formula is C20H21N3OS. The van der Waals surface area contributed by atoms with Gasteiger partial charge in [-0.15, -0.1) is 11.3 Å². The van der Waals surface area contributed by atoms with Crippen LogP contribution in [0.4, 0.5) is 0 Å². The van der Waals surface area contributed by atoms with E-state index in [9.17, 15) is 5.11 Å². The molecule has 128 valence electrons. The maximum Gasteiger partial charge on any atom is 0.123 e. The molecule has 5 heteroatoms. The highest BCUT2D eigenvalue weighted by molar-refractivity contribution is 7.19. The third-order valence-electron chi connectivity index (χ3n) is 4.42. The zero-order valence-electron chi connectivity index (χ0n) is 14.7. The highest BCUT2D eigenvalue weighted by Crippen LogP contribution is 2.32. The lowest BCUT2D eigenvalue weighted by Gasteiger charge is -2.23. The van der Waals surface area contributed by atoms with Crippen molar-refractivity contribution >= 4 is 27.1 Å². The Morgan fingerprint density at radius 3 is 2.76 bits per heavy atom. The quantitative estimate of drug-likeness (QED) is 0.654. The van der Waals surface area contributed by atoms with Crippen molar-refractivity contribution in [3.8, 4) is 5.75 Å². The number of fused-ring (bicyclic) bond motifs is 1. The Hall–Kier alpha value is -2.53. The molecule has 3 aromatic rings. The number of thiazole rings is 1. The summed E-state index contributed by atoms with van der Waals surface area (Å²) in [4.78, 5) is 4.59. The number of nitrogens with zero attached hydrogens (tertiary/aromatic N) is 3. The van der Waals surface area contributed by atoms with E-state index in [2.05, 4.69) is 41.7 Å². The zero-order valence-corrected chi connectivity index (χ0v) is 15.5. The van der Waals surface area contributed by atoms with Crippen molar-refractivity contribution in [1.29, 1.82) is 0 Å². The maximum atomic E-state index is 9.60. The Morgan fingerprint density at radius 2 is 2.08 bits per heavy atom. The van der Waals surface area contributed by atoms with Gasteiger partial charge in [0.1, 0.15) is 10.8 Å². The van der Waals surface area contributed by atoms with Crippen molar-refractivity contribution < 1.29 is 5.11 Å². The third-order valence-corrected chi connectivity index (χ3v) is 5.51. The lowest BCUT2D eigenvalue weighted by Crippen LogP contribution is -2.20. The summed E-state index contributed by atoms with van der Waals surface area (Å²) in [6.45, 7) is 10.4. The fraction of sp³-hybridized carbons (Fsp3) is 0.250. The topological polar surface area (TPSA) is 58.9 Å². The molecule has 0 aliphatic carbocycles. The van der Waals surface area contributed by atoms with Gasteiger partial charge in [0.2, 0.25) is 0 Å². The number of aromatic nitrogens is 3. The number of aryl methyl sites for hydroxylation is 1. The van der Waals surface area contributed by atoms with E-state index >= 15 is 0 Å². The number of phenols is 1. The predicted octanol–water partition coefficient (Wildman–Crippen LogP) is 5.04. The number of hydrogen-bond acceptors (Lipinski definition) is 5. The minimum absolute atomic E-state index is 0.210. The first-order valence-electron chi connectivity index (χ1n) is 8.20. The van der Waals surface area contributed by atoms with Gasteiger partial charge >= 0.3 is 0 Å². The first-order chi connectivity index (χ1) is 11.9. The Labute approximate surface area is 151 Å². The van der Waals surface area contributed by atoms with Gasteiger partial charge in [-0.3, -0.25) is 0 Å². The number of aromatic hydroxyl groups is 1. The highest BCUT2D eigenvalue weighted by atomic mass is 32.1. The Bertz CT molecular complexity index is 943. The van der Waals surface area contributed by atoms with Crippen molar-refractivity contribution in [3.05, 3.63) is 65.5 Å². The van der Waals surface area contributed by atoms with Crippen LogP contribution in [0.25, 0.3) is 15.8 Å². The van der Waals surface area contributed by atoms with Crippen LogP contribution in [0.1, 0.15) is 36.7 Å². The second-order valence-electron chi connectivity index (χ2n) is 6.36. The standard InChI is InChI=1S/C20H21N3OS/c1-5-20(4,18-9-6-14(3)22-23-18)11-10-13(2)19-21-16-8-7-15(24)12-17(16)25-19/h6-12,24H,2,5H2,1,3-4H3. The van der Waals surface area contributed by atoms with Crippen molar-refractivity contribution in [2.45, 2.75) is 32.6 Å². The number of allylic oxidation sites excluding steroid dienone is 3. The van der Waals surface area contributed by atoms with Crippen LogP contribution in [-0.4, -0.2) is 20.3 Å². The normalized spacial score (nSPS) is 14.0. The van der Waals surface area contributed by atoms with Crippen LogP contribution < -0.4 is 0 Å². The minimum Gasteiger partial charge on any atom is -0.508 e. The van der Waals surface area contributed by atoms with E-state index in [0.717, 1.165) is 38.6 Å². The van der Waals surface area contributed by atoms with Gasteiger partial charge in [-0.1, -0.05) is 32.6 Å². The van der Waals surface area contributed by atoms with Gasteiger partial charge in [0.15, 0.2) is 0 Å².